The van der Waals surface area contributed by atoms with Crippen molar-refractivity contribution < 1.29 is 4.79 Å². The molecule has 2 aromatic rings. The van der Waals surface area contributed by atoms with Crippen molar-refractivity contribution in [1.82, 2.24) is 9.80 Å². The number of rotatable bonds is 4. The smallest absolute Gasteiger partial charge is 0.236 e. The highest BCUT2D eigenvalue weighted by Crippen LogP contribution is 2.36. The van der Waals surface area contributed by atoms with Crippen LogP contribution < -0.4 is 4.90 Å². The van der Waals surface area contributed by atoms with Crippen LogP contribution in [0.25, 0.3) is 0 Å². The van der Waals surface area contributed by atoms with Crippen LogP contribution in [-0.4, -0.2) is 56.0 Å². The summed E-state index contributed by atoms with van der Waals surface area (Å²) in [5.41, 5.74) is 2.01. The van der Waals surface area contributed by atoms with Crippen LogP contribution in [0.2, 0.25) is 15.1 Å². The third kappa shape index (κ3) is 4.88. The molecule has 0 aromatic heterocycles. The second-order valence-corrected chi connectivity index (χ2v) is 8.21. The van der Waals surface area contributed by atoms with E-state index in [1.165, 1.54) is 0 Å². The first kappa shape index (κ1) is 20.3. The summed E-state index contributed by atoms with van der Waals surface area (Å²) in [7, 11) is 3.80. The predicted octanol–water partition coefficient (Wildman–Crippen LogP) is 4.60. The summed E-state index contributed by atoms with van der Waals surface area (Å²) in [5, 5.41) is 1.90. The predicted molar refractivity (Wildman–Crippen MR) is 113 cm³/mol. The number of anilines is 1. The highest BCUT2D eigenvalue weighted by molar-refractivity contribution is 6.36. The molecule has 1 aliphatic heterocycles. The van der Waals surface area contributed by atoms with E-state index in [0.29, 0.717) is 41.2 Å². The topological polar surface area (TPSA) is 26.8 Å². The Balaban J connectivity index is 1.92. The molecule has 1 fully saturated rings. The van der Waals surface area contributed by atoms with Gasteiger partial charge in [-0.25, -0.2) is 0 Å². The zero-order valence-electron chi connectivity index (χ0n) is 15.3. The number of benzene rings is 2. The van der Waals surface area contributed by atoms with Crippen molar-refractivity contribution in [3.63, 3.8) is 0 Å². The zero-order chi connectivity index (χ0) is 19.6. The number of nitrogens with zero attached hydrogens (tertiary/aromatic N) is 3. The van der Waals surface area contributed by atoms with Crippen LogP contribution in [0.4, 0.5) is 5.69 Å². The summed E-state index contributed by atoms with van der Waals surface area (Å²) in [4.78, 5) is 18.6. The molecule has 1 aliphatic rings. The van der Waals surface area contributed by atoms with E-state index in [-0.39, 0.29) is 11.9 Å². The van der Waals surface area contributed by atoms with Crippen molar-refractivity contribution in [2.24, 2.45) is 0 Å². The van der Waals surface area contributed by atoms with E-state index in [1.807, 2.05) is 60.3 Å². The molecule has 3 rings (SSSR count). The van der Waals surface area contributed by atoms with Gasteiger partial charge in [0.1, 0.15) is 0 Å². The minimum absolute atomic E-state index is 0.0131. The fourth-order valence-electron chi connectivity index (χ4n) is 3.35. The molecule has 1 atom stereocenters. The first-order valence-corrected chi connectivity index (χ1v) is 9.88. The molecule has 2 aromatic carbocycles. The second-order valence-electron chi connectivity index (χ2n) is 6.93. The molecule has 1 saturated heterocycles. The van der Waals surface area contributed by atoms with E-state index < -0.39 is 0 Å². The lowest BCUT2D eigenvalue weighted by Gasteiger charge is -2.43. The van der Waals surface area contributed by atoms with Gasteiger partial charge < -0.3 is 14.7 Å². The van der Waals surface area contributed by atoms with Crippen molar-refractivity contribution in [3.8, 4) is 0 Å². The maximum atomic E-state index is 12.6. The van der Waals surface area contributed by atoms with Crippen molar-refractivity contribution >= 4 is 46.4 Å². The molecule has 7 heteroatoms. The Bertz CT molecular complexity index is 811. The first-order valence-electron chi connectivity index (χ1n) is 8.75. The number of hydrogen-bond donors (Lipinski definition) is 0. The minimum atomic E-state index is -0.0131. The van der Waals surface area contributed by atoms with E-state index in [0.717, 1.165) is 11.3 Å². The number of amides is 1. The molecule has 1 amide bonds. The Labute approximate surface area is 175 Å². The van der Waals surface area contributed by atoms with Crippen molar-refractivity contribution in [2.75, 3.05) is 45.2 Å². The normalized spacial score (nSPS) is 17.5. The quantitative estimate of drug-likeness (QED) is 0.715. The lowest BCUT2D eigenvalue weighted by atomic mass is 10.0. The highest BCUT2D eigenvalue weighted by atomic mass is 35.5. The molecule has 4 nitrogen and oxygen atoms in total. The molecule has 0 radical (unpaired) electrons. The molecule has 0 spiro atoms. The van der Waals surface area contributed by atoms with Gasteiger partial charge in [0.05, 0.1) is 23.3 Å². The van der Waals surface area contributed by atoms with Crippen LogP contribution in [0.3, 0.4) is 0 Å². The van der Waals surface area contributed by atoms with Crippen LogP contribution in [0, 0.1) is 0 Å². The van der Waals surface area contributed by atoms with Gasteiger partial charge in [0.15, 0.2) is 0 Å². The van der Waals surface area contributed by atoms with Crippen LogP contribution in [-0.2, 0) is 4.79 Å². The number of likely N-dealkylation sites (N-methyl/N-ethyl adjacent to an activating group) is 1. The molecule has 144 valence electrons. The van der Waals surface area contributed by atoms with E-state index >= 15 is 0 Å². The lowest BCUT2D eigenvalue weighted by Crippen LogP contribution is -2.52. The molecule has 0 unspecified atom stereocenters. The van der Waals surface area contributed by atoms with Gasteiger partial charge >= 0.3 is 0 Å². The summed E-state index contributed by atoms with van der Waals surface area (Å²) in [6.45, 7) is 2.33. The van der Waals surface area contributed by atoms with E-state index in [4.69, 9.17) is 34.8 Å². The van der Waals surface area contributed by atoms with Crippen LogP contribution >= 0.6 is 34.8 Å². The average molecular weight is 427 g/mol. The van der Waals surface area contributed by atoms with Crippen LogP contribution in [0.5, 0.6) is 0 Å². The summed E-state index contributed by atoms with van der Waals surface area (Å²) in [6.07, 6.45) is 0. The van der Waals surface area contributed by atoms with E-state index in [2.05, 4.69) is 4.90 Å². The fraction of sp³-hybridized carbons (Fsp3) is 0.350. The van der Waals surface area contributed by atoms with Crippen molar-refractivity contribution in [1.29, 1.82) is 0 Å². The Kier molecular flexibility index (Phi) is 6.53. The van der Waals surface area contributed by atoms with Crippen molar-refractivity contribution in [3.05, 3.63) is 63.1 Å². The standard InChI is InChI=1S/C20H22Cl3N3O/c1-24(2)13-20(27)25-9-10-26(18-8-7-16(22)11-17(18)23)19(12-25)14-3-5-15(21)6-4-14/h3-8,11,19H,9-10,12-13H2,1-2H3/t19-/m0/s1. The largest absolute Gasteiger partial charge is 0.360 e. The maximum Gasteiger partial charge on any atom is 0.236 e. The van der Waals surface area contributed by atoms with Gasteiger partial charge in [0.25, 0.3) is 0 Å². The van der Waals surface area contributed by atoms with Crippen molar-refractivity contribution in [2.45, 2.75) is 6.04 Å². The Hall–Kier alpha value is -1.46. The monoisotopic (exact) mass is 425 g/mol. The molecule has 1 heterocycles. The van der Waals surface area contributed by atoms with Crippen LogP contribution in [0.1, 0.15) is 11.6 Å². The summed E-state index contributed by atoms with van der Waals surface area (Å²) in [5.74, 6) is 0.126. The number of carbonyl (C=O) groups is 1. The summed E-state index contributed by atoms with van der Waals surface area (Å²) < 4.78 is 0. The van der Waals surface area contributed by atoms with Gasteiger partial charge in [-0.05, 0) is 50.0 Å². The zero-order valence-corrected chi connectivity index (χ0v) is 17.6. The molecule has 0 saturated carbocycles. The van der Waals surface area contributed by atoms with Gasteiger partial charge in [0.2, 0.25) is 5.91 Å². The Morgan fingerprint density at radius 1 is 1.04 bits per heavy atom. The number of carbonyl (C=O) groups excluding carboxylic acids is 1. The van der Waals surface area contributed by atoms with Gasteiger partial charge in [-0.2, -0.15) is 0 Å². The third-order valence-corrected chi connectivity index (χ3v) is 5.45. The first-order chi connectivity index (χ1) is 12.8. The van der Waals surface area contributed by atoms with E-state index in [1.54, 1.807) is 6.07 Å². The fourth-order valence-corrected chi connectivity index (χ4v) is 4.00. The van der Waals surface area contributed by atoms with Gasteiger partial charge in [-0.1, -0.05) is 46.9 Å². The number of piperazine rings is 1. The average Bonchev–Trinajstić information content (AvgIpc) is 2.61. The molecular formula is C20H22Cl3N3O. The molecule has 0 N–H and O–H groups in total. The maximum absolute atomic E-state index is 12.6. The molecule has 27 heavy (non-hydrogen) atoms. The summed E-state index contributed by atoms with van der Waals surface area (Å²) in [6, 6.07) is 13.3. The van der Waals surface area contributed by atoms with Crippen LogP contribution in [0.15, 0.2) is 42.5 Å². The van der Waals surface area contributed by atoms with E-state index in [9.17, 15) is 4.79 Å². The highest BCUT2D eigenvalue weighted by Gasteiger charge is 2.31. The van der Waals surface area contributed by atoms with Gasteiger partial charge in [0, 0.05) is 29.7 Å². The number of hydrogen-bond acceptors (Lipinski definition) is 3. The molecule has 0 bridgehead atoms. The second kappa shape index (κ2) is 8.70. The Morgan fingerprint density at radius 3 is 2.33 bits per heavy atom. The Morgan fingerprint density at radius 2 is 1.70 bits per heavy atom. The van der Waals surface area contributed by atoms with Gasteiger partial charge in [-0.15, -0.1) is 0 Å². The number of halogens is 3. The molecular weight excluding hydrogens is 405 g/mol. The minimum Gasteiger partial charge on any atom is -0.360 e. The van der Waals surface area contributed by atoms with Gasteiger partial charge in [-0.3, -0.25) is 4.79 Å². The third-order valence-electron chi connectivity index (χ3n) is 4.66. The SMILES string of the molecule is CN(C)CC(=O)N1CCN(c2ccc(Cl)cc2Cl)[C@H](c2ccc(Cl)cc2)C1. The lowest BCUT2D eigenvalue weighted by molar-refractivity contribution is -0.132. The summed E-state index contributed by atoms with van der Waals surface area (Å²) >= 11 is 18.6. The molecule has 0 aliphatic carbocycles.